The van der Waals surface area contributed by atoms with Crippen LogP contribution in [-0.4, -0.2) is 41.8 Å². The van der Waals surface area contributed by atoms with Crippen LogP contribution < -0.4 is 4.90 Å². The van der Waals surface area contributed by atoms with Crippen LogP contribution in [0.1, 0.15) is 6.92 Å². The summed E-state index contributed by atoms with van der Waals surface area (Å²) in [6.45, 7) is 5.09. The Hall–Kier alpha value is -0.840. The second-order valence-corrected chi connectivity index (χ2v) is 5.88. The molecule has 0 aromatic carbocycles. The summed E-state index contributed by atoms with van der Waals surface area (Å²) in [4.78, 5) is 2.17. The second-order valence-electron chi connectivity index (χ2n) is 3.34. The number of anilines is 1. The van der Waals surface area contributed by atoms with Gasteiger partial charge in [0.1, 0.15) is 0 Å². The van der Waals surface area contributed by atoms with Crippen molar-refractivity contribution in [1.29, 1.82) is 5.26 Å². The van der Waals surface area contributed by atoms with Gasteiger partial charge >= 0.3 is 0 Å². The molecule has 1 saturated heterocycles. The molecule has 0 bridgehead atoms. The molecule has 0 N–H and O–H groups in total. The molecule has 1 atom stereocenters. The quantitative estimate of drug-likeness (QED) is 0.761. The average molecular weight is 256 g/mol. The number of hydrogen-bond acceptors (Lipinski definition) is 7. The Kier molecular flexibility index (Phi) is 3.98. The molecular formula is C9H12N4OS2. The van der Waals surface area contributed by atoms with E-state index in [9.17, 15) is 0 Å². The SMILES string of the molecule is CC(C#N)Sc1nnc(N2CCOCC2)s1. The van der Waals surface area contributed by atoms with Gasteiger partial charge in [-0.2, -0.15) is 5.26 Å². The number of thioether (sulfide) groups is 1. The Bertz CT molecular complexity index is 383. The minimum absolute atomic E-state index is 0.0783. The zero-order valence-corrected chi connectivity index (χ0v) is 10.6. The Labute approximate surface area is 102 Å². The van der Waals surface area contributed by atoms with Crippen molar-refractivity contribution < 1.29 is 4.74 Å². The van der Waals surface area contributed by atoms with Crippen molar-refractivity contribution in [2.24, 2.45) is 0 Å². The molecule has 0 spiro atoms. The van der Waals surface area contributed by atoms with Crippen molar-refractivity contribution in [2.75, 3.05) is 31.2 Å². The zero-order chi connectivity index (χ0) is 11.4. The Balaban J connectivity index is 1.98. The maximum atomic E-state index is 8.71. The van der Waals surface area contributed by atoms with E-state index in [0.29, 0.717) is 0 Å². The van der Waals surface area contributed by atoms with Gasteiger partial charge < -0.3 is 9.64 Å². The first-order valence-corrected chi connectivity index (χ1v) is 6.71. The van der Waals surface area contributed by atoms with Crippen molar-refractivity contribution in [2.45, 2.75) is 16.5 Å². The van der Waals surface area contributed by atoms with Crippen LogP contribution in [0.3, 0.4) is 0 Å². The predicted molar refractivity (Wildman–Crippen MR) is 63.9 cm³/mol. The number of rotatable bonds is 3. The van der Waals surface area contributed by atoms with Crippen LogP contribution in [0, 0.1) is 11.3 Å². The summed E-state index contributed by atoms with van der Waals surface area (Å²) < 4.78 is 6.13. The molecule has 1 aromatic rings. The highest BCUT2D eigenvalue weighted by atomic mass is 32.2. The molecule has 1 fully saturated rings. The lowest BCUT2D eigenvalue weighted by atomic mass is 10.5. The van der Waals surface area contributed by atoms with Crippen LogP contribution in [0.4, 0.5) is 5.13 Å². The summed E-state index contributed by atoms with van der Waals surface area (Å²) >= 11 is 3.00. The highest BCUT2D eigenvalue weighted by molar-refractivity contribution is 8.01. The van der Waals surface area contributed by atoms with E-state index in [0.717, 1.165) is 35.8 Å². The minimum atomic E-state index is -0.0783. The lowest BCUT2D eigenvalue weighted by molar-refractivity contribution is 0.122. The van der Waals surface area contributed by atoms with Gasteiger partial charge in [0.2, 0.25) is 5.13 Å². The van der Waals surface area contributed by atoms with Crippen LogP contribution >= 0.6 is 23.1 Å². The van der Waals surface area contributed by atoms with Crippen LogP contribution in [0.15, 0.2) is 4.34 Å². The van der Waals surface area contributed by atoms with Crippen LogP contribution in [0.25, 0.3) is 0 Å². The monoisotopic (exact) mass is 256 g/mol. The zero-order valence-electron chi connectivity index (χ0n) is 8.92. The molecule has 2 rings (SSSR count). The van der Waals surface area contributed by atoms with Crippen molar-refractivity contribution in [1.82, 2.24) is 10.2 Å². The predicted octanol–water partition coefficient (Wildman–Crippen LogP) is 1.38. The van der Waals surface area contributed by atoms with E-state index in [4.69, 9.17) is 10.00 Å². The summed E-state index contributed by atoms with van der Waals surface area (Å²) in [5.74, 6) is 0. The normalized spacial score (nSPS) is 18.1. The number of ether oxygens (including phenoxy) is 1. The smallest absolute Gasteiger partial charge is 0.209 e. The number of aromatic nitrogens is 2. The van der Waals surface area contributed by atoms with E-state index in [1.54, 1.807) is 11.3 Å². The van der Waals surface area contributed by atoms with Gasteiger partial charge in [-0.25, -0.2) is 0 Å². The Morgan fingerprint density at radius 1 is 1.50 bits per heavy atom. The largest absolute Gasteiger partial charge is 0.378 e. The van der Waals surface area contributed by atoms with Crippen LogP contribution in [0.2, 0.25) is 0 Å². The van der Waals surface area contributed by atoms with Crippen molar-refractivity contribution in [3.05, 3.63) is 0 Å². The standard InChI is InChI=1S/C9H12N4OS2/c1-7(6-10)15-9-12-11-8(16-9)13-2-4-14-5-3-13/h7H,2-5H2,1H3. The van der Waals surface area contributed by atoms with Gasteiger partial charge in [-0.15, -0.1) is 10.2 Å². The summed E-state index contributed by atoms with van der Waals surface area (Å²) in [6.07, 6.45) is 0. The summed E-state index contributed by atoms with van der Waals surface area (Å²) in [5.41, 5.74) is 0. The molecule has 0 saturated carbocycles. The molecule has 5 nitrogen and oxygen atoms in total. The van der Waals surface area contributed by atoms with E-state index in [1.165, 1.54) is 11.8 Å². The number of nitrogens with zero attached hydrogens (tertiary/aromatic N) is 4. The van der Waals surface area contributed by atoms with Crippen molar-refractivity contribution in [3.63, 3.8) is 0 Å². The summed E-state index contributed by atoms with van der Waals surface area (Å²) in [6, 6.07) is 2.17. The van der Waals surface area contributed by atoms with Gasteiger partial charge in [-0.3, -0.25) is 0 Å². The number of morpholine rings is 1. The highest BCUT2D eigenvalue weighted by Gasteiger charge is 2.16. The van der Waals surface area contributed by atoms with Crippen LogP contribution in [-0.2, 0) is 4.74 Å². The van der Waals surface area contributed by atoms with E-state index in [-0.39, 0.29) is 5.25 Å². The summed E-state index contributed by atoms with van der Waals surface area (Å²) in [7, 11) is 0. The first-order valence-electron chi connectivity index (χ1n) is 5.02. The fourth-order valence-corrected chi connectivity index (χ4v) is 3.23. The highest BCUT2D eigenvalue weighted by Crippen LogP contribution is 2.30. The molecule has 1 aliphatic rings. The third kappa shape index (κ3) is 2.84. The third-order valence-electron chi connectivity index (χ3n) is 2.14. The third-order valence-corrected chi connectivity index (χ3v) is 4.20. The molecule has 1 aliphatic heterocycles. The van der Waals surface area contributed by atoms with Gasteiger partial charge in [-0.05, 0) is 6.92 Å². The second kappa shape index (κ2) is 5.48. The maximum Gasteiger partial charge on any atom is 0.209 e. The van der Waals surface area contributed by atoms with Gasteiger partial charge in [0.25, 0.3) is 0 Å². The lowest BCUT2D eigenvalue weighted by Crippen LogP contribution is -2.36. The number of hydrogen-bond donors (Lipinski definition) is 0. The molecule has 1 unspecified atom stereocenters. The first kappa shape index (κ1) is 11.6. The lowest BCUT2D eigenvalue weighted by Gasteiger charge is -2.25. The topological polar surface area (TPSA) is 62.0 Å². The molecule has 2 heterocycles. The molecule has 7 heteroatoms. The van der Waals surface area contributed by atoms with E-state index in [2.05, 4.69) is 21.2 Å². The van der Waals surface area contributed by atoms with Gasteiger partial charge in [0.05, 0.1) is 24.5 Å². The first-order chi connectivity index (χ1) is 7.79. The number of nitriles is 1. The maximum absolute atomic E-state index is 8.71. The van der Waals surface area contributed by atoms with E-state index >= 15 is 0 Å². The van der Waals surface area contributed by atoms with Gasteiger partial charge in [-0.1, -0.05) is 23.1 Å². The van der Waals surface area contributed by atoms with Crippen molar-refractivity contribution in [3.8, 4) is 6.07 Å². The summed E-state index contributed by atoms with van der Waals surface area (Å²) in [5, 5.41) is 17.8. The molecule has 16 heavy (non-hydrogen) atoms. The Morgan fingerprint density at radius 3 is 2.94 bits per heavy atom. The molecular weight excluding hydrogens is 244 g/mol. The van der Waals surface area contributed by atoms with E-state index in [1.807, 2.05) is 6.92 Å². The molecule has 0 aliphatic carbocycles. The van der Waals surface area contributed by atoms with Crippen molar-refractivity contribution >= 4 is 28.2 Å². The molecule has 0 amide bonds. The fourth-order valence-electron chi connectivity index (χ4n) is 1.31. The molecule has 86 valence electrons. The van der Waals surface area contributed by atoms with Gasteiger partial charge in [0.15, 0.2) is 4.34 Å². The fraction of sp³-hybridized carbons (Fsp3) is 0.667. The average Bonchev–Trinajstić information content (AvgIpc) is 2.78. The molecule has 1 aromatic heterocycles. The van der Waals surface area contributed by atoms with Gasteiger partial charge in [0, 0.05) is 13.1 Å². The van der Waals surface area contributed by atoms with Crippen LogP contribution in [0.5, 0.6) is 0 Å². The minimum Gasteiger partial charge on any atom is -0.378 e. The van der Waals surface area contributed by atoms with E-state index < -0.39 is 0 Å². The molecule has 0 radical (unpaired) electrons. The Morgan fingerprint density at radius 2 is 2.25 bits per heavy atom.